The van der Waals surface area contributed by atoms with Crippen LogP contribution in [0.25, 0.3) is 0 Å². The minimum atomic E-state index is -0.793. The Hall–Kier alpha value is -1.50. The first kappa shape index (κ1) is 14.6. The zero-order chi connectivity index (χ0) is 17.0. The van der Waals surface area contributed by atoms with Gasteiger partial charge in [0.2, 0.25) is 0 Å². The second-order valence-corrected chi connectivity index (χ2v) is 9.59. The molecular weight excluding hydrogens is 347 g/mol. The molecule has 0 unspecified atom stereocenters. The second-order valence-electron chi connectivity index (χ2n) is 8.10. The molecule has 0 N–H and O–H groups in total. The summed E-state index contributed by atoms with van der Waals surface area (Å²) >= 11 is 13.8. The number of alkyl halides is 2. The number of rotatable bonds is 0. The highest BCUT2D eigenvalue weighted by Gasteiger charge is 2.67. The minimum absolute atomic E-state index is 0.0990. The van der Waals surface area contributed by atoms with E-state index < -0.39 is 4.33 Å². The molecule has 6 rings (SSSR count). The summed E-state index contributed by atoms with van der Waals surface area (Å²) in [5.74, 6) is 1.12. The van der Waals surface area contributed by atoms with Crippen molar-refractivity contribution in [1.82, 2.24) is 0 Å². The third-order valence-electron chi connectivity index (χ3n) is 7.08. The van der Waals surface area contributed by atoms with Crippen molar-refractivity contribution in [2.45, 2.75) is 35.4 Å². The van der Waals surface area contributed by atoms with Gasteiger partial charge in [0, 0.05) is 29.6 Å². The zero-order valence-electron chi connectivity index (χ0n) is 14.0. The molecule has 2 aromatic rings. The van der Waals surface area contributed by atoms with Gasteiger partial charge in [-0.15, -0.1) is 0 Å². The van der Waals surface area contributed by atoms with Crippen molar-refractivity contribution in [2.24, 2.45) is 5.41 Å². The lowest BCUT2D eigenvalue weighted by molar-refractivity contribution is 0.281. The summed E-state index contributed by atoms with van der Waals surface area (Å²) in [6, 6.07) is 17.9. The van der Waals surface area contributed by atoms with Crippen LogP contribution in [-0.4, -0.2) is 4.33 Å². The van der Waals surface area contributed by atoms with Gasteiger partial charge in [0.15, 0.2) is 0 Å². The smallest absolute Gasteiger partial charge is 0.0963 e. The first-order valence-corrected chi connectivity index (χ1v) is 9.77. The fourth-order valence-electron chi connectivity index (χ4n) is 6.42. The normalized spacial score (nSPS) is 35.4. The van der Waals surface area contributed by atoms with E-state index in [9.17, 15) is 0 Å². The van der Waals surface area contributed by atoms with E-state index >= 15 is 0 Å². The van der Waals surface area contributed by atoms with Gasteiger partial charge in [0.25, 0.3) is 0 Å². The van der Waals surface area contributed by atoms with E-state index in [1.165, 1.54) is 33.4 Å². The predicted octanol–water partition coefficient (Wildman–Crippen LogP) is 6.46. The van der Waals surface area contributed by atoms with Crippen LogP contribution in [0.2, 0.25) is 0 Å². The van der Waals surface area contributed by atoms with Crippen LogP contribution in [0.15, 0.2) is 71.8 Å². The molecule has 0 saturated carbocycles. The Labute approximate surface area is 158 Å². The molecule has 25 heavy (non-hydrogen) atoms. The van der Waals surface area contributed by atoms with Crippen LogP contribution < -0.4 is 0 Å². The highest BCUT2D eigenvalue weighted by atomic mass is 35.5. The van der Waals surface area contributed by atoms with Gasteiger partial charge in [0.1, 0.15) is 4.33 Å². The molecule has 4 aliphatic rings. The Balaban J connectivity index is 1.77. The molecule has 124 valence electrons. The molecule has 0 nitrogen and oxygen atoms in total. The van der Waals surface area contributed by atoms with Crippen molar-refractivity contribution in [3.05, 3.63) is 94.1 Å². The molecule has 0 saturated heterocycles. The first-order chi connectivity index (χ1) is 12.0. The zero-order valence-corrected chi connectivity index (χ0v) is 15.5. The molecule has 0 aromatic heterocycles. The number of benzene rings is 2. The first-order valence-electron chi connectivity index (χ1n) is 9.01. The lowest BCUT2D eigenvalue weighted by Gasteiger charge is -2.34. The van der Waals surface area contributed by atoms with Crippen LogP contribution in [0, 0.1) is 5.41 Å². The Bertz CT molecular complexity index is 997. The molecule has 0 fully saturated rings. The highest BCUT2D eigenvalue weighted by molar-refractivity contribution is 6.51. The van der Waals surface area contributed by atoms with Crippen LogP contribution in [0.3, 0.4) is 0 Å². The van der Waals surface area contributed by atoms with Crippen LogP contribution in [0.1, 0.15) is 53.4 Å². The van der Waals surface area contributed by atoms with Gasteiger partial charge in [-0.1, -0.05) is 90.8 Å². The monoisotopic (exact) mass is 364 g/mol. The van der Waals surface area contributed by atoms with E-state index in [4.69, 9.17) is 23.2 Å². The van der Waals surface area contributed by atoms with Crippen LogP contribution in [-0.2, 0) is 0 Å². The van der Waals surface area contributed by atoms with Gasteiger partial charge in [-0.2, -0.15) is 0 Å². The van der Waals surface area contributed by atoms with Crippen molar-refractivity contribution < 1.29 is 0 Å². The Morgan fingerprint density at radius 1 is 0.800 bits per heavy atom. The standard InChI is InChI=1S/C23H18Cl2/c1-22-18-13-7-2-3-8-14(13)19(22)17-11-6-12-23(24,25)21(17)20(22)16-10-5-4-9-15(16)18/h2-11,18-20H,12H2,1H3/t18-,19+,20-,22+/m1/s1. The van der Waals surface area contributed by atoms with Gasteiger partial charge in [-0.25, -0.2) is 0 Å². The fraction of sp³-hybridized carbons (Fsp3) is 0.304. The van der Waals surface area contributed by atoms with E-state index in [1.54, 1.807) is 0 Å². The molecule has 4 aliphatic carbocycles. The van der Waals surface area contributed by atoms with Gasteiger partial charge < -0.3 is 0 Å². The lowest BCUT2D eigenvalue weighted by atomic mass is 9.69. The van der Waals surface area contributed by atoms with Crippen molar-refractivity contribution in [1.29, 1.82) is 0 Å². The topological polar surface area (TPSA) is 0 Å². The largest absolute Gasteiger partial charge is 0.143 e. The van der Waals surface area contributed by atoms with Crippen molar-refractivity contribution in [3.8, 4) is 0 Å². The number of halogens is 2. The van der Waals surface area contributed by atoms with E-state index in [2.05, 4.69) is 67.6 Å². The van der Waals surface area contributed by atoms with Crippen LogP contribution >= 0.6 is 23.2 Å². The summed E-state index contributed by atoms with van der Waals surface area (Å²) in [6.07, 6.45) is 5.15. The maximum atomic E-state index is 6.89. The number of fused-ring (bicyclic) bond motifs is 8. The van der Waals surface area contributed by atoms with Crippen LogP contribution in [0.5, 0.6) is 0 Å². The summed E-state index contributed by atoms with van der Waals surface area (Å²) in [4.78, 5) is 0. The maximum Gasteiger partial charge on any atom is 0.143 e. The van der Waals surface area contributed by atoms with Crippen molar-refractivity contribution >= 4 is 23.2 Å². The van der Waals surface area contributed by atoms with Gasteiger partial charge in [0.05, 0.1) is 0 Å². The molecule has 2 aromatic carbocycles. The SMILES string of the molecule is C[C@]12[C@@H]3c4ccccc4[C@H]1C1=C([C@H]2c2ccccc23)C(Cl)(Cl)CC=C1. The molecule has 0 amide bonds. The van der Waals surface area contributed by atoms with Gasteiger partial charge >= 0.3 is 0 Å². The van der Waals surface area contributed by atoms with E-state index in [0.29, 0.717) is 24.2 Å². The molecule has 0 aliphatic heterocycles. The van der Waals surface area contributed by atoms with E-state index in [-0.39, 0.29) is 5.41 Å². The third-order valence-corrected chi connectivity index (χ3v) is 7.79. The summed E-state index contributed by atoms with van der Waals surface area (Å²) < 4.78 is -0.793. The average molecular weight is 365 g/mol. The Kier molecular flexibility index (Phi) is 2.59. The fourth-order valence-corrected chi connectivity index (χ4v) is 7.04. The summed E-state index contributed by atoms with van der Waals surface area (Å²) in [6.45, 7) is 2.46. The van der Waals surface area contributed by atoms with E-state index in [0.717, 1.165) is 0 Å². The molecule has 4 atom stereocenters. The summed E-state index contributed by atoms with van der Waals surface area (Å²) in [7, 11) is 0. The molecule has 0 heterocycles. The van der Waals surface area contributed by atoms with Gasteiger partial charge in [-0.3, -0.25) is 0 Å². The Morgan fingerprint density at radius 3 is 1.92 bits per heavy atom. The molecule has 2 heteroatoms. The molecular formula is C23H18Cl2. The maximum absolute atomic E-state index is 6.89. The molecule has 0 radical (unpaired) electrons. The highest BCUT2D eigenvalue weighted by Crippen LogP contribution is 2.78. The number of hydrogen-bond donors (Lipinski definition) is 0. The van der Waals surface area contributed by atoms with Crippen molar-refractivity contribution in [2.75, 3.05) is 0 Å². The lowest BCUT2D eigenvalue weighted by Crippen LogP contribution is -2.27. The number of allylic oxidation sites excluding steroid dienone is 4. The van der Waals surface area contributed by atoms with Crippen molar-refractivity contribution in [3.63, 3.8) is 0 Å². The number of hydrogen-bond acceptors (Lipinski definition) is 0. The summed E-state index contributed by atoms with van der Waals surface area (Å²) in [5.41, 5.74) is 8.58. The van der Waals surface area contributed by atoms with Crippen LogP contribution in [0.4, 0.5) is 0 Å². The van der Waals surface area contributed by atoms with Gasteiger partial charge in [-0.05, 0) is 33.4 Å². The third kappa shape index (κ3) is 1.50. The predicted molar refractivity (Wildman–Crippen MR) is 104 cm³/mol. The summed E-state index contributed by atoms with van der Waals surface area (Å²) in [5, 5.41) is 0. The second kappa shape index (κ2) is 4.42. The average Bonchev–Trinajstić information content (AvgIpc) is 3.11. The molecule has 0 bridgehead atoms. The minimum Gasteiger partial charge on any atom is -0.0963 e. The Morgan fingerprint density at radius 2 is 1.32 bits per heavy atom. The quantitative estimate of drug-likeness (QED) is 0.470. The molecule has 0 spiro atoms. The van der Waals surface area contributed by atoms with E-state index in [1.807, 2.05) is 0 Å².